The minimum Gasteiger partial charge on any atom is -0.468 e. The van der Waals surface area contributed by atoms with Crippen molar-refractivity contribution in [3.8, 4) is 0 Å². The van der Waals surface area contributed by atoms with Crippen LogP contribution < -0.4 is 0 Å². The Morgan fingerprint density at radius 2 is 1.58 bits per heavy atom. The van der Waals surface area contributed by atoms with Crippen molar-refractivity contribution in [2.24, 2.45) is 0 Å². The molecule has 0 heterocycles. The number of esters is 1. The second-order valence-corrected chi connectivity index (χ2v) is 5.44. The summed E-state index contributed by atoms with van der Waals surface area (Å²) < 4.78 is 31.1. The Bertz CT molecular complexity index is 689. The van der Waals surface area contributed by atoms with E-state index in [1.165, 1.54) is 13.2 Å². The van der Waals surface area contributed by atoms with Crippen LogP contribution in [0.4, 0.5) is 8.78 Å². The first-order valence-corrected chi connectivity index (χ1v) is 7.43. The lowest BCUT2D eigenvalue weighted by molar-refractivity contribution is -0.142. The molecule has 0 aliphatic heterocycles. The van der Waals surface area contributed by atoms with Gasteiger partial charge in [0.25, 0.3) is 0 Å². The van der Waals surface area contributed by atoms with Crippen LogP contribution in [0.15, 0.2) is 42.5 Å². The summed E-state index contributed by atoms with van der Waals surface area (Å²) in [6.07, 6.45) is 0. The van der Waals surface area contributed by atoms with Gasteiger partial charge in [-0.05, 0) is 28.8 Å². The number of methoxy groups -OCH3 is 1. The molecule has 0 spiro atoms. The fraction of sp³-hybridized carbons (Fsp3) is 0.278. The van der Waals surface area contributed by atoms with Crippen LogP contribution in [0.5, 0.6) is 0 Å². The van der Waals surface area contributed by atoms with Crippen LogP contribution in [-0.4, -0.2) is 29.6 Å². The summed E-state index contributed by atoms with van der Waals surface area (Å²) in [5, 5.41) is 9.07. The largest absolute Gasteiger partial charge is 0.468 e. The maximum absolute atomic E-state index is 13.4. The second kappa shape index (κ2) is 8.52. The molecule has 128 valence electrons. The topological polar surface area (TPSA) is 49.8 Å². The summed E-state index contributed by atoms with van der Waals surface area (Å²) >= 11 is 0. The Labute approximate surface area is 139 Å². The van der Waals surface area contributed by atoms with Gasteiger partial charge in [0.1, 0.15) is 0 Å². The van der Waals surface area contributed by atoms with Crippen molar-refractivity contribution in [1.29, 1.82) is 0 Å². The van der Waals surface area contributed by atoms with Crippen LogP contribution in [0.25, 0.3) is 0 Å². The third kappa shape index (κ3) is 5.11. The maximum Gasteiger partial charge on any atom is 0.319 e. The summed E-state index contributed by atoms with van der Waals surface area (Å²) in [6.45, 7) is 0.687. The molecule has 24 heavy (non-hydrogen) atoms. The molecule has 6 heteroatoms. The van der Waals surface area contributed by atoms with E-state index in [1.807, 2.05) is 12.1 Å². The fourth-order valence-corrected chi connectivity index (χ4v) is 2.32. The van der Waals surface area contributed by atoms with Crippen LogP contribution in [-0.2, 0) is 29.2 Å². The van der Waals surface area contributed by atoms with Gasteiger partial charge in [0, 0.05) is 13.1 Å². The average molecular weight is 335 g/mol. The molecule has 0 amide bonds. The van der Waals surface area contributed by atoms with Gasteiger partial charge >= 0.3 is 5.97 Å². The molecule has 0 saturated carbocycles. The number of hydrogen-bond acceptors (Lipinski definition) is 4. The number of benzene rings is 2. The Morgan fingerprint density at radius 3 is 2.17 bits per heavy atom. The normalized spacial score (nSPS) is 10.9. The van der Waals surface area contributed by atoms with Crippen molar-refractivity contribution in [1.82, 2.24) is 4.90 Å². The molecule has 0 aliphatic carbocycles. The highest BCUT2D eigenvalue weighted by molar-refractivity contribution is 5.71. The minimum atomic E-state index is -0.919. The zero-order valence-electron chi connectivity index (χ0n) is 13.3. The van der Waals surface area contributed by atoms with Gasteiger partial charge in [-0.2, -0.15) is 0 Å². The molecule has 0 atom stereocenters. The molecule has 1 N–H and O–H groups in total. The van der Waals surface area contributed by atoms with Gasteiger partial charge in [-0.1, -0.05) is 30.3 Å². The van der Waals surface area contributed by atoms with Crippen molar-refractivity contribution in [2.45, 2.75) is 19.7 Å². The van der Waals surface area contributed by atoms with Gasteiger partial charge in [-0.25, -0.2) is 8.78 Å². The highest BCUT2D eigenvalue weighted by Crippen LogP contribution is 2.14. The zero-order valence-corrected chi connectivity index (χ0v) is 13.3. The van der Waals surface area contributed by atoms with Gasteiger partial charge in [-0.3, -0.25) is 9.69 Å². The van der Waals surface area contributed by atoms with E-state index in [-0.39, 0.29) is 19.7 Å². The van der Waals surface area contributed by atoms with E-state index in [0.717, 1.165) is 23.3 Å². The molecule has 2 rings (SSSR count). The molecule has 0 bridgehead atoms. The molecule has 0 aromatic heterocycles. The van der Waals surface area contributed by atoms with Crippen LogP contribution >= 0.6 is 0 Å². The van der Waals surface area contributed by atoms with Crippen LogP contribution in [0.1, 0.15) is 16.7 Å². The van der Waals surface area contributed by atoms with Gasteiger partial charge in [0.15, 0.2) is 11.6 Å². The number of ether oxygens (including phenoxy) is 1. The van der Waals surface area contributed by atoms with Crippen molar-refractivity contribution < 1.29 is 23.4 Å². The third-order valence-corrected chi connectivity index (χ3v) is 3.58. The van der Waals surface area contributed by atoms with Gasteiger partial charge in [0.05, 0.1) is 20.3 Å². The smallest absolute Gasteiger partial charge is 0.319 e. The molecule has 4 nitrogen and oxygen atoms in total. The van der Waals surface area contributed by atoms with E-state index in [0.29, 0.717) is 12.1 Å². The van der Waals surface area contributed by atoms with E-state index in [1.54, 1.807) is 17.0 Å². The number of rotatable bonds is 7. The van der Waals surface area contributed by atoms with E-state index >= 15 is 0 Å². The summed E-state index contributed by atoms with van der Waals surface area (Å²) in [5.74, 6) is -2.24. The maximum atomic E-state index is 13.4. The SMILES string of the molecule is COC(=O)CN(Cc1ccc(CO)cc1)Cc1ccc(F)c(F)c1. The Balaban J connectivity index is 2.13. The van der Waals surface area contributed by atoms with Crippen LogP contribution in [0.2, 0.25) is 0 Å². The van der Waals surface area contributed by atoms with Gasteiger partial charge in [0.2, 0.25) is 0 Å². The van der Waals surface area contributed by atoms with Gasteiger partial charge in [-0.15, -0.1) is 0 Å². The van der Waals surface area contributed by atoms with E-state index in [4.69, 9.17) is 5.11 Å². The number of carbonyl (C=O) groups excluding carboxylic acids is 1. The number of hydrogen-bond donors (Lipinski definition) is 1. The molecule has 0 aliphatic rings. The lowest BCUT2D eigenvalue weighted by Gasteiger charge is -2.21. The van der Waals surface area contributed by atoms with Crippen molar-refractivity contribution in [3.05, 3.63) is 70.8 Å². The molecule has 2 aromatic carbocycles. The first kappa shape index (κ1) is 18.0. The quantitative estimate of drug-likeness (QED) is 0.791. The molecule has 0 radical (unpaired) electrons. The molecule has 2 aromatic rings. The van der Waals surface area contributed by atoms with E-state index in [9.17, 15) is 13.6 Å². The summed E-state index contributed by atoms with van der Waals surface area (Å²) in [5.41, 5.74) is 2.28. The predicted molar refractivity (Wildman–Crippen MR) is 84.9 cm³/mol. The lowest BCUT2D eigenvalue weighted by Crippen LogP contribution is -2.30. The predicted octanol–water partition coefficient (Wildman–Crippen LogP) is 2.63. The van der Waals surface area contributed by atoms with Crippen LogP contribution in [0, 0.1) is 11.6 Å². The zero-order chi connectivity index (χ0) is 17.5. The number of aliphatic hydroxyl groups is 1. The summed E-state index contributed by atoms with van der Waals surface area (Å²) in [6, 6.07) is 11.0. The molecule has 0 fully saturated rings. The lowest BCUT2D eigenvalue weighted by atomic mass is 10.1. The number of nitrogens with zero attached hydrogens (tertiary/aromatic N) is 1. The number of halogens is 2. The van der Waals surface area contributed by atoms with E-state index < -0.39 is 17.6 Å². The number of aliphatic hydroxyl groups excluding tert-OH is 1. The molecular formula is C18H19F2NO3. The highest BCUT2D eigenvalue weighted by atomic mass is 19.2. The van der Waals surface area contributed by atoms with Crippen molar-refractivity contribution in [2.75, 3.05) is 13.7 Å². The first-order chi connectivity index (χ1) is 11.5. The second-order valence-electron chi connectivity index (χ2n) is 5.44. The Kier molecular flexibility index (Phi) is 6.40. The standard InChI is InChI=1S/C18H19F2NO3/c1-24-18(23)11-21(9-13-2-4-14(12-22)5-3-13)10-15-6-7-16(19)17(20)8-15/h2-8,22H,9-12H2,1H3. The number of carbonyl (C=O) groups is 1. The molecule has 0 saturated heterocycles. The average Bonchev–Trinajstić information content (AvgIpc) is 2.58. The van der Waals surface area contributed by atoms with Crippen molar-refractivity contribution >= 4 is 5.97 Å². The molecule has 0 unspecified atom stereocenters. The monoisotopic (exact) mass is 335 g/mol. The van der Waals surface area contributed by atoms with E-state index in [2.05, 4.69) is 4.74 Å². The minimum absolute atomic E-state index is 0.0250. The highest BCUT2D eigenvalue weighted by Gasteiger charge is 2.14. The Morgan fingerprint density at radius 1 is 1.00 bits per heavy atom. The van der Waals surface area contributed by atoms with Crippen LogP contribution in [0.3, 0.4) is 0 Å². The summed E-state index contributed by atoms with van der Waals surface area (Å²) in [7, 11) is 1.30. The Hall–Kier alpha value is -2.31. The van der Waals surface area contributed by atoms with Crippen molar-refractivity contribution in [3.63, 3.8) is 0 Å². The first-order valence-electron chi connectivity index (χ1n) is 7.43. The van der Waals surface area contributed by atoms with Gasteiger partial charge < -0.3 is 9.84 Å². The fourth-order valence-electron chi connectivity index (χ4n) is 2.32. The summed E-state index contributed by atoms with van der Waals surface area (Å²) in [4.78, 5) is 13.4. The third-order valence-electron chi connectivity index (χ3n) is 3.58. The molecular weight excluding hydrogens is 316 g/mol.